The molecule has 0 radical (unpaired) electrons. The van der Waals surface area contributed by atoms with E-state index in [1.54, 1.807) is 0 Å². The van der Waals surface area contributed by atoms with Crippen LogP contribution in [0, 0.1) is 16.7 Å². The second-order valence-electron chi connectivity index (χ2n) is 5.56. The monoisotopic (exact) mass is 316 g/mol. The molecule has 18 heavy (non-hydrogen) atoms. The second kappa shape index (κ2) is 4.08. The number of rotatable bonds is 2. The number of ketones is 1. The highest BCUT2D eigenvalue weighted by Gasteiger charge is 2.67. The summed E-state index contributed by atoms with van der Waals surface area (Å²) in [5.41, 5.74) is -0.488. The van der Waals surface area contributed by atoms with E-state index in [9.17, 15) is 14.7 Å². The van der Waals surface area contributed by atoms with Gasteiger partial charge in [-0.1, -0.05) is 29.8 Å². The zero-order valence-electron chi connectivity index (χ0n) is 10.7. The van der Waals surface area contributed by atoms with Crippen molar-refractivity contribution in [2.75, 3.05) is 12.4 Å². The second-order valence-corrected chi connectivity index (χ2v) is 6.12. The van der Waals surface area contributed by atoms with Crippen molar-refractivity contribution in [1.82, 2.24) is 0 Å². The molecule has 2 aliphatic rings. The molecule has 0 amide bonds. The molecular weight excluding hydrogens is 300 g/mol. The van der Waals surface area contributed by atoms with E-state index >= 15 is 0 Å². The zero-order valence-corrected chi connectivity index (χ0v) is 12.3. The van der Waals surface area contributed by atoms with Gasteiger partial charge < -0.3 is 9.84 Å². The van der Waals surface area contributed by atoms with E-state index in [1.165, 1.54) is 7.11 Å². The Morgan fingerprint density at radius 2 is 2.17 bits per heavy atom. The predicted molar refractivity (Wildman–Crippen MR) is 69.4 cm³/mol. The predicted octanol–water partition coefficient (Wildman–Crippen LogP) is 2.37. The number of ether oxygens (including phenoxy) is 1. The number of fused-ring (bicyclic) bond motifs is 2. The molecular formula is C13H17BrO4. The molecule has 100 valence electrons. The molecule has 1 N–H and O–H groups in total. The highest BCUT2D eigenvalue weighted by atomic mass is 79.9. The summed E-state index contributed by atoms with van der Waals surface area (Å²) in [7, 11) is 1.20. The van der Waals surface area contributed by atoms with E-state index in [2.05, 4.69) is 20.7 Å². The van der Waals surface area contributed by atoms with Crippen molar-refractivity contribution in [3.63, 3.8) is 0 Å². The van der Waals surface area contributed by atoms with Gasteiger partial charge in [0.15, 0.2) is 5.78 Å². The Labute approximate surface area is 115 Å². The number of carbonyl (C=O) groups excluding carboxylic acids is 2. The van der Waals surface area contributed by atoms with Gasteiger partial charge in [0, 0.05) is 16.3 Å². The van der Waals surface area contributed by atoms with Crippen LogP contribution in [0.15, 0.2) is 11.3 Å². The average Bonchev–Trinajstić information content (AvgIpc) is 2.71. The minimum absolute atomic E-state index is 0.0755. The molecule has 2 aliphatic carbocycles. The molecule has 4 nitrogen and oxygen atoms in total. The third kappa shape index (κ3) is 1.37. The number of aliphatic hydroxyl groups is 1. The van der Waals surface area contributed by atoms with Crippen molar-refractivity contribution in [2.24, 2.45) is 16.7 Å². The number of Topliss-reactive ketones (excluding diaryl/α,β-unsaturated/α-hetero) is 1. The van der Waals surface area contributed by atoms with Crippen LogP contribution >= 0.6 is 15.9 Å². The molecule has 2 fully saturated rings. The first-order chi connectivity index (χ1) is 8.33. The van der Waals surface area contributed by atoms with E-state index in [0.29, 0.717) is 5.33 Å². The number of allylic oxidation sites excluding steroid dienone is 1. The number of alkyl halides is 1. The van der Waals surface area contributed by atoms with Crippen LogP contribution < -0.4 is 0 Å². The van der Waals surface area contributed by atoms with Gasteiger partial charge in [-0.25, -0.2) is 4.79 Å². The first kappa shape index (κ1) is 13.6. The maximum Gasteiger partial charge on any atom is 0.373 e. The van der Waals surface area contributed by atoms with Crippen molar-refractivity contribution in [1.29, 1.82) is 0 Å². The lowest BCUT2D eigenvalue weighted by Crippen LogP contribution is -2.36. The molecule has 0 unspecified atom stereocenters. The lowest BCUT2D eigenvalue weighted by molar-refractivity contribution is -0.139. The molecule has 0 aromatic carbocycles. The topological polar surface area (TPSA) is 63.6 Å². The van der Waals surface area contributed by atoms with Crippen molar-refractivity contribution in [3.8, 4) is 0 Å². The largest absolute Gasteiger partial charge is 0.502 e. The van der Waals surface area contributed by atoms with Crippen LogP contribution in [0.5, 0.6) is 0 Å². The Morgan fingerprint density at radius 3 is 2.61 bits per heavy atom. The first-order valence-corrected chi connectivity index (χ1v) is 7.08. The summed E-state index contributed by atoms with van der Waals surface area (Å²) in [6.45, 7) is 3.96. The number of hydrogen-bond donors (Lipinski definition) is 1. The van der Waals surface area contributed by atoms with Crippen LogP contribution in [0.3, 0.4) is 0 Å². The normalized spacial score (nSPS) is 41.1. The number of carbonyl (C=O) groups is 2. The van der Waals surface area contributed by atoms with Gasteiger partial charge in [-0.15, -0.1) is 0 Å². The number of hydrogen-bond acceptors (Lipinski definition) is 4. The first-order valence-electron chi connectivity index (χ1n) is 5.95. The summed E-state index contributed by atoms with van der Waals surface area (Å²) in [4.78, 5) is 23.9. The van der Waals surface area contributed by atoms with Crippen LogP contribution in [0.4, 0.5) is 0 Å². The summed E-state index contributed by atoms with van der Waals surface area (Å²) in [6.07, 6.45) is 1.62. The minimum atomic E-state index is -0.827. The van der Waals surface area contributed by atoms with Crippen LogP contribution in [0.25, 0.3) is 0 Å². The van der Waals surface area contributed by atoms with Gasteiger partial charge in [0.25, 0.3) is 0 Å². The van der Waals surface area contributed by atoms with Crippen LogP contribution in [0.2, 0.25) is 0 Å². The summed E-state index contributed by atoms with van der Waals surface area (Å²) >= 11 is 3.47. The number of aliphatic hydroxyl groups excluding tert-OH is 1. The third-order valence-corrected chi connectivity index (χ3v) is 6.13. The Bertz CT molecular complexity index is 456. The number of esters is 1. The van der Waals surface area contributed by atoms with E-state index in [4.69, 9.17) is 0 Å². The van der Waals surface area contributed by atoms with Gasteiger partial charge in [0.2, 0.25) is 5.76 Å². The van der Waals surface area contributed by atoms with Gasteiger partial charge in [-0.05, 0) is 24.2 Å². The molecule has 0 spiro atoms. The quantitative estimate of drug-likeness (QED) is 0.368. The Kier molecular flexibility index (Phi) is 3.08. The SMILES string of the molecule is COC(=O)/C(O)=C1\C(=O)[C@@]2(C)CC[C@H]1[C@@]2(C)CBr. The van der Waals surface area contributed by atoms with Crippen LogP contribution in [-0.4, -0.2) is 29.3 Å². The standard InChI is InChI=1S/C13H17BrO4/c1-12-5-4-7(13(12,2)6-14)8(10(12)16)9(15)11(17)18-3/h7,15H,4-6H2,1-3H3/b9-8+/t7-,12-,13-/m1/s1. The third-order valence-electron chi connectivity index (χ3n) is 4.97. The van der Waals surface area contributed by atoms with E-state index in [1.807, 2.05) is 13.8 Å². The minimum Gasteiger partial charge on any atom is -0.502 e. The fourth-order valence-corrected chi connectivity index (χ4v) is 4.44. The number of methoxy groups -OCH3 is 1. The Morgan fingerprint density at radius 1 is 1.56 bits per heavy atom. The van der Waals surface area contributed by atoms with Crippen molar-refractivity contribution >= 4 is 27.7 Å². The van der Waals surface area contributed by atoms with Crippen molar-refractivity contribution in [3.05, 3.63) is 11.3 Å². The van der Waals surface area contributed by atoms with Gasteiger partial charge in [0.05, 0.1) is 7.11 Å². The summed E-state index contributed by atoms with van der Waals surface area (Å²) in [6, 6.07) is 0. The summed E-state index contributed by atoms with van der Waals surface area (Å²) < 4.78 is 4.50. The van der Waals surface area contributed by atoms with Crippen LogP contribution in [-0.2, 0) is 14.3 Å². The lowest BCUT2D eigenvalue weighted by atomic mass is 9.70. The molecule has 5 heteroatoms. The highest BCUT2D eigenvalue weighted by Crippen LogP contribution is 2.66. The Hall–Kier alpha value is -0.840. The van der Waals surface area contributed by atoms with Gasteiger partial charge in [-0.3, -0.25) is 4.79 Å². The summed E-state index contributed by atoms with van der Waals surface area (Å²) in [5, 5.41) is 10.6. The van der Waals surface area contributed by atoms with Crippen molar-refractivity contribution in [2.45, 2.75) is 26.7 Å². The molecule has 0 aromatic heterocycles. The molecule has 2 bridgehead atoms. The van der Waals surface area contributed by atoms with Gasteiger partial charge >= 0.3 is 5.97 Å². The summed E-state index contributed by atoms with van der Waals surface area (Å²) in [5.74, 6) is -1.52. The van der Waals surface area contributed by atoms with E-state index < -0.39 is 17.1 Å². The van der Waals surface area contributed by atoms with Crippen molar-refractivity contribution < 1.29 is 19.4 Å². The number of halogens is 1. The fraction of sp³-hybridized carbons (Fsp3) is 0.692. The Balaban J connectivity index is 2.57. The smallest absolute Gasteiger partial charge is 0.373 e. The molecule has 3 atom stereocenters. The highest BCUT2D eigenvalue weighted by molar-refractivity contribution is 9.09. The van der Waals surface area contributed by atoms with Crippen LogP contribution in [0.1, 0.15) is 26.7 Å². The molecule has 2 saturated carbocycles. The van der Waals surface area contributed by atoms with Gasteiger partial charge in [0.1, 0.15) is 0 Å². The molecule has 0 aromatic rings. The average molecular weight is 317 g/mol. The zero-order chi connectivity index (χ0) is 13.7. The maximum atomic E-state index is 12.5. The van der Waals surface area contributed by atoms with E-state index in [0.717, 1.165) is 12.8 Å². The molecule has 0 aliphatic heterocycles. The van der Waals surface area contributed by atoms with Gasteiger partial charge in [-0.2, -0.15) is 0 Å². The molecule has 2 rings (SSSR count). The fourth-order valence-electron chi connectivity index (χ4n) is 3.43. The van der Waals surface area contributed by atoms with E-state index in [-0.39, 0.29) is 22.7 Å². The maximum absolute atomic E-state index is 12.5. The molecule has 0 saturated heterocycles. The lowest BCUT2D eigenvalue weighted by Gasteiger charge is -2.34. The molecule has 0 heterocycles.